The van der Waals surface area contributed by atoms with Crippen LogP contribution in [0, 0.1) is 23.2 Å². The van der Waals surface area contributed by atoms with E-state index in [0.29, 0.717) is 17.9 Å². The zero-order valence-electron chi connectivity index (χ0n) is 18.5. The van der Waals surface area contributed by atoms with Gasteiger partial charge in [0, 0.05) is 30.4 Å². The molecule has 1 aliphatic carbocycles. The molecule has 0 spiro atoms. The van der Waals surface area contributed by atoms with Gasteiger partial charge >= 0.3 is 0 Å². The summed E-state index contributed by atoms with van der Waals surface area (Å²) in [6.45, 7) is 4.05. The average molecular weight is 422 g/mol. The van der Waals surface area contributed by atoms with Crippen molar-refractivity contribution in [2.75, 3.05) is 0 Å². The zero-order chi connectivity index (χ0) is 22.4. The van der Waals surface area contributed by atoms with Crippen molar-refractivity contribution in [3.8, 4) is 17.3 Å². The van der Waals surface area contributed by atoms with Crippen LogP contribution in [0.4, 0.5) is 0 Å². The summed E-state index contributed by atoms with van der Waals surface area (Å²) >= 11 is 0. The number of hydrogen-bond donors (Lipinski definition) is 2. The van der Waals surface area contributed by atoms with Crippen molar-refractivity contribution in [1.29, 1.82) is 5.26 Å². The molecule has 0 unspecified atom stereocenters. The van der Waals surface area contributed by atoms with E-state index in [2.05, 4.69) is 21.8 Å². The number of rotatable bonds is 7. The molecule has 31 heavy (non-hydrogen) atoms. The van der Waals surface area contributed by atoms with E-state index in [1.165, 1.54) is 0 Å². The number of benzene rings is 1. The van der Waals surface area contributed by atoms with Crippen LogP contribution in [-0.4, -0.2) is 33.7 Å². The molecule has 1 saturated carbocycles. The molecule has 164 valence electrons. The van der Waals surface area contributed by atoms with Gasteiger partial charge in [0.15, 0.2) is 0 Å². The van der Waals surface area contributed by atoms with Gasteiger partial charge in [0.25, 0.3) is 5.91 Å². The van der Waals surface area contributed by atoms with Gasteiger partial charge in [-0.2, -0.15) is 10.4 Å². The van der Waals surface area contributed by atoms with Crippen molar-refractivity contribution in [2.24, 2.45) is 18.9 Å². The monoisotopic (exact) mass is 421 g/mol. The average Bonchev–Trinajstić information content (AvgIpc) is 3.19. The summed E-state index contributed by atoms with van der Waals surface area (Å²) in [6, 6.07) is 10.7. The summed E-state index contributed by atoms with van der Waals surface area (Å²) in [5, 5.41) is 19.7. The highest BCUT2D eigenvalue weighted by Gasteiger charge is 2.33. The molecular formula is C24H31N5O2. The van der Waals surface area contributed by atoms with E-state index in [4.69, 9.17) is 0 Å². The quantitative estimate of drug-likeness (QED) is 0.715. The van der Waals surface area contributed by atoms with Gasteiger partial charge in [-0.1, -0.05) is 38.8 Å². The van der Waals surface area contributed by atoms with Gasteiger partial charge in [0.05, 0.1) is 17.7 Å². The predicted octanol–water partition coefficient (Wildman–Crippen LogP) is 3.43. The number of carbonyl (C=O) groups is 2. The third kappa shape index (κ3) is 5.94. The van der Waals surface area contributed by atoms with Crippen LogP contribution in [0.1, 0.15) is 56.3 Å². The van der Waals surface area contributed by atoms with Gasteiger partial charge in [-0.05, 0) is 43.4 Å². The van der Waals surface area contributed by atoms with Crippen molar-refractivity contribution < 1.29 is 9.59 Å². The Labute approximate surface area is 183 Å². The number of amides is 2. The highest BCUT2D eigenvalue weighted by atomic mass is 16.2. The zero-order valence-corrected chi connectivity index (χ0v) is 18.5. The van der Waals surface area contributed by atoms with Crippen LogP contribution in [0.3, 0.4) is 0 Å². The maximum Gasteiger partial charge on any atom is 0.251 e. The molecule has 1 fully saturated rings. The number of aryl methyl sites for hydroxylation is 1. The molecule has 3 atom stereocenters. The topological polar surface area (TPSA) is 99.8 Å². The van der Waals surface area contributed by atoms with Crippen LogP contribution in [-0.2, 0) is 11.8 Å². The molecule has 0 saturated heterocycles. The first-order valence-electron chi connectivity index (χ1n) is 11.0. The fraction of sp³-hybridized carbons (Fsp3) is 0.500. The molecule has 3 rings (SSSR count). The molecule has 1 aromatic heterocycles. The van der Waals surface area contributed by atoms with Crippen molar-refractivity contribution >= 4 is 11.8 Å². The number of nitrogens with zero attached hydrogens (tertiary/aromatic N) is 3. The lowest BCUT2D eigenvalue weighted by molar-refractivity contribution is -0.127. The van der Waals surface area contributed by atoms with E-state index in [1.54, 1.807) is 16.8 Å². The minimum absolute atomic E-state index is 0.136. The first-order valence-corrected chi connectivity index (χ1v) is 11.0. The smallest absolute Gasteiger partial charge is 0.251 e. The van der Waals surface area contributed by atoms with E-state index in [0.717, 1.165) is 36.9 Å². The van der Waals surface area contributed by atoms with Crippen LogP contribution in [0.25, 0.3) is 11.3 Å². The van der Waals surface area contributed by atoms with Gasteiger partial charge in [-0.3, -0.25) is 14.3 Å². The first-order chi connectivity index (χ1) is 14.9. The summed E-state index contributed by atoms with van der Waals surface area (Å²) in [6.07, 6.45) is 5.90. The number of hydrogen-bond acceptors (Lipinski definition) is 4. The molecule has 2 amide bonds. The lowest BCUT2D eigenvalue weighted by Crippen LogP contribution is -2.50. The molecule has 1 aromatic carbocycles. The fourth-order valence-corrected chi connectivity index (χ4v) is 4.12. The second-order valence-electron chi connectivity index (χ2n) is 8.74. The summed E-state index contributed by atoms with van der Waals surface area (Å²) in [4.78, 5) is 25.7. The third-order valence-corrected chi connectivity index (χ3v) is 5.76. The molecule has 0 aliphatic heterocycles. The lowest BCUT2D eigenvalue weighted by Gasteiger charge is -2.32. The summed E-state index contributed by atoms with van der Waals surface area (Å²) in [7, 11) is 1.86. The van der Waals surface area contributed by atoms with Crippen molar-refractivity contribution in [2.45, 2.75) is 58.0 Å². The van der Waals surface area contributed by atoms with E-state index < -0.39 is 6.04 Å². The second kappa shape index (κ2) is 10.3. The van der Waals surface area contributed by atoms with Crippen molar-refractivity contribution in [3.05, 3.63) is 42.1 Å². The molecule has 7 nitrogen and oxygen atoms in total. The Morgan fingerprint density at radius 1 is 1.19 bits per heavy atom. The highest BCUT2D eigenvalue weighted by molar-refractivity contribution is 5.95. The third-order valence-electron chi connectivity index (χ3n) is 5.76. The number of nitriles is 1. The van der Waals surface area contributed by atoms with Crippen LogP contribution < -0.4 is 10.6 Å². The van der Waals surface area contributed by atoms with Crippen molar-refractivity contribution in [3.63, 3.8) is 0 Å². The van der Waals surface area contributed by atoms with Crippen LogP contribution in [0.2, 0.25) is 0 Å². The summed E-state index contributed by atoms with van der Waals surface area (Å²) in [5.41, 5.74) is 2.35. The minimum atomic E-state index is -0.495. The Morgan fingerprint density at radius 3 is 2.52 bits per heavy atom. The molecule has 1 aliphatic rings. The SMILES string of the molecule is CC(C)C[C@@H](C#N)NC(=O)[C@@H]1CCCC[C@@H]1NC(=O)c1ccc(-c2ccn(C)n2)cc1. The van der Waals surface area contributed by atoms with Gasteiger partial charge in [-0.15, -0.1) is 0 Å². The Kier molecular flexibility index (Phi) is 7.45. The van der Waals surface area contributed by atoms with E-state index >= 15 is 0 Å². The van der Waals surface area contributed by atoms with Gasteiger partial charge in [0.1, 0.15) is 6.04 Å². The maximum atomic E-state index is 12.9. The Balaban J connectivity index is 1.64. The molecule has 0 bridgehead atoms. The number of aromatic nitrogens is 2. The minimum Gasteiger partial charge on any atom is -0.349 e. The van der Waals surface area contributed by atoms with Gasteiger partial charge in [-0.25, -0.2) is 0 Å². The number of nitrogens with one attached hydrogen (secondary N) is 2. The lowest BCUT2D eigenvalue weighted by atomic mass is 9.83. The molecule has 2 aromatic rings. The molecule has 0 radical (unpaired) electrons. The maximum absolute atomic E-state index is 12.9. The number of carbonyl (C=O) groups excluding carboxylic acids is 2. The normalized spacial score (nSPS) is 19.5. The van der Waals surface area contributed by atoms with Gasteiger partial charge < -0.3 is 10.6 Å². The first kappa shape index (κ1) is 22.5. The largest absolute Gasteiger partial charge is 0.349 e. The van der Waals surface area contributed by atoms with E-state index in [9.17, 15) is 14.9 Å². The molecule has 2 N–H and O–H groups in total. The van der Waals surface area contributed by atoms with E-state index in [-0.39, 0.29) is 23.8 Å². The Bertz CT molecular complexity index is 942. The fourth-order valence-electron chi connectivity index (χ4n) is 4.12. The molecule has 7 heteroatoms. The Hall–Kier alpha value is -3.14. The van der Waals surface area contributed by atoms with Crippen molar-refractivity contribution in [1.82, 2.24) is 20.4 Å². The molecule has 1 heterocycles. The van der Waals surface area contributed by atoms with Crippen LogP contribution in [0.15, 0.2) is 36.5 Å². The van der Waals surface area contributed by atoms with Crippen LogP contribution >= 0.6 is 0 Å². The summed E-state index contributed by atoms with van der Waals surface area (Å²) < 4.78 is 1.74. The highest BCUT2D eigenvalue weighted by Crippen LogP contribution is 2.26. The predicted molar refractivity (Wildman–Crippen MR) is 119 cm³/mol. The van der Waals surface area contributed by atoms with Crippen LogP contribution in [0.5, 0.6) is 0 Å². The standard InChI is InChI=1S/C24H31N5O2/c1-16(2)14-19(15-25)26-24(31)20-6-4-5-7-22(20)27-23(30)18-10-8-17(9-11-18)21-12-13-29(3)28-21/h8-13,16,19-20,22H,4-7,14H2,1-3H3,(H,26,31)(H,27,30)/t19-,20+,22-/m0/s1. The van der Waals surface area contributed by atoms with E-state index in [1.807, 2.05) is 45.3 Å². The van der Waals surface area contributed by atoms with Gasteiger partial charge in [0.2, 0.25) is 5.91 Å². The Morgan fingerprint density at radius 2 is 1.90 bits per heavy atom. The second-order valence-corrected chi connectivity index (χ2v) is 8.74. The summed E-state index contributed by atoms with van der Waals surface area (Å²) in [5.74, 6) is -0.312. The molecular weight excluding hydrogens is 390 g/mol.